The van der Waals surface area contributed by atoms with Crippen LogP contribution in [-0.2, 0) is 5.54 Å². The van der Waals surface area contributed by atoms with Crippen LogP contribution in [0.15, 0.2) is 48.5 Å². The summed E-state index contributed by atoms with van der Waals surface area (Å²) < 4.78 is 0. The van der Waals surface area contributed by atoms with Crippen LogP contribution in [0.1, 0.15) is 29.8 Å². The van der Waals surface area contributed by atoms with E-state index in [1.807, 2.05) is 32.0 Å². The molecule has 2 aromatic rings. The molecule has 0 atom stereocenters. The van der Waals surface area contributed by atoms with E-state index in [9.17, 15) is 14.9 Å². The van der Waals surface area contributed by atoms with Gasteiger partial charge in [-0.1, -0.05) is 23.7 Å². The van der Waals surface area contributed by atoms with Gasteiger partial charge in [0.25, 0.3) is 11.6 Å². The summed E-state index contributed by atoms with van der Waals surface area (Å²) in [5.41, 5.74) is 0.679. The van der Waals surface area contributed by atoms with E-state index in [1.165, 1.54) is 24.3 Å². The molecule has 0 spiro atoms. The van der Waals surface area contributed by atoms with Crippen molar-refractivity contribution in [3.8, 4) is 0 Å². The number of nitrogens with zero attached hydrogens (tertiary/aromatic N) is 2. The maximum atomic E-state index is 12.7. The first-order chi connectivity index (χ1) is 10.7. The molecular weight excluding hydrogens is 316 g/mol. The van der Waals surface area contributed by atoms with Crippen molar-refractivity contribution in [3.05, 3.63) is 74.8 Å². The highest BCUT2D eigenvalue weighted by atomic mass is 35.5. The lowest BCUT2D eigenvalue weighted by Crippen LogP contribution is -2.42. The zero-order chi connectivity index (χ0) is 17.2. The number of hydrogen-bond donors (Lipinski definition) is 0. The molecule has 6 heteroatoms. The van der Waals surface area contributed by atoms with Gasteiger partial charge in [-0.2, -0.15) is 0 Å². The van der Waals surface area contributed by atoms with Crippen molar-refractivity contribution in [1.29, 1.82) is 0 Å². The highest BCUT2D eigenvalue weighted by Crippen LogP contribution is 2.29. The Balaban J connectivity index is 2.29. The zero-order valence-corrected chi connectivity index (χ0v) is 13.9. The van der Waals surface area contributed by atoms with Crippen molar-refractivity contribution in [3.63, 3.8) is 0 Å². The molecule has 0 aliphatic heterocycles. The van der Waals surface area contributed by atoms with E-state index in [0.717, 1.165) is 5.56 Å². The molecule has 0 fully saturated rings. The number of benzene rings is 2. The lowest BCUT2D eigenvalue weighted by atomic mass is 9.92. The fourth-order valence-corrected chi connectivity index (χ4v) is 2.43. The number of rotatable bonds is 4. The van der Waals surface area contributed by atoms with Crippen molar-refractivity contribution in [2.45, 2.75) is 19.4 Å². The van der Waals surface area contributed by atoms with Crippen molar-refractivity contribution in [2.24, 2.45) is 0 Å². The Kier molecular flexibility index (Phi) is 4.71. The van der Waals surface area contributed by atoms with Crippen molar-refractivity contribution in [1.82, 2.24) is 4.90 Å². The molecule has 0 heterocycles. The van der Waals surface area contributed by atoms with Crippen LogP contribution in [0.4, 0.5) is 5.69 Å². The third kappa shape index (κ3) is 3.51. The first-order valence-electron chi connectivity index (χ1n) is 7.02. The minimum atomic E-state index is -0.580. The smallest absolute Gasteiger partial charge is 0.269 e. The van der Waals surface area contributed by atoms with Gasteiger partial charge in [0.15, 0.2) is 0 Å². The Morgan fingerprint density at radius 1 is 1.17 bits per heavy atom. The summed E-state index contributed by atoms with van der Waals surface area (Å²) in [6.45, 7) is 3.84. The van der Waals surface area contributed by atoms with Gasteiger partial charge in [-0.15, -0.1) is 0 Å². The van der Waals surface area contributed by atoms with Gasteiger partial charge in [-0.05, 0) is 43.7 Å². The molecule has 0 aliphatic rings. The van der Waals surface area contributed by atoms with Crippen LogP contribution in [0, 0.1) is 10.1 Å². The molecule has 0 aromatic heterocycles. The van der Waals surface area contributed by atoms with Crippen LogP contribution in [0.3, 0.4) is 0 Å². The average Bonchev–Trinajstić information content (AvgIpc) is 2.53. The topological polar surface area (TPSA) is 63.5 Å². The number of nitro groups is 1. The van der Waals surface area contributed by atoms with Gasteiger partial charge in [-0.3, -0.25) is 14.9 Å². The fourth-order valence-electron chi connectivity index (χ4n) is 2.24. The molecule has 5 nitrogen and oxygen atoms in total. The number of hydrogen-bond acceptors (Lipinski definition) is 3. The second-order valence-electron chi connectivity index (χ2n) is 5.74. The van der Waals surface area contributed by atoms with Gasteiger partial charge in [0.1, 0.15) is 0 Å². The second kappa shape index (κ2) is 6.38. The molecule has 2 aromatic carbocycles. The SMILES string of the molecule is CN(C(=O)c1ccc([N+](=O)[O-])cc1)C(C)(C)c1cccc(Cl)c1. The van der Waals surface area contributed by atoms with E-state index < -0.39 is 10.5 Å². The predicted octanol–water partition coefficient (Wildman–Crippen LogP) is 4.26. The van der Waals surface area contributed by atoms with E-state index in [4.69, 9.17) is 11.6 Å². The largest absolute Gasteiger partial charge is 0.333 e. The van der Waals surface area contributed by atoms with E-state index in [0.29, 0.717) is 10.6 Å². The van der Waals surface area contributed by atoms with Gasteiger partial charge in [0.2, 0.25) is 0 Å². The van der Waals surface area contributed by atoms with Crippen molar-refractivity contribution in [2.75, 3.05) is 7.05 Å². The van der Waals surface area contributed by atoms with Crippen molar-refractivity contribution >= 4 is 23.2 Å². The van der Waals surface area contributed by atoms with Crippen LogP contribution in [0.25, 0.3) is 0 Å². The normalized spacial score (nSPS) is 11.1. The zero-order valence-electron chi connectivity index (χ0n) is 13.1. The molecule has 0 aliphatic carbocycles. The van der Waals surface area contributed by atoms with Crippen LogP contribution < -0.4 is 0 Å². The number of halogens is 1. The van der Waals surface area contributed by atoms with Crippen LogP contribution in [0.5, 0.6) is 0 Å². The molecule has 1 amide bonds. The Bertz CT molecular complexity index is 742. The molecular formula is C17H17ClN2O3. The van der Waals surface area contributed by atoms with Gasteiger partial charge < -0.3 is 4.90 Å². The van der Waals surface area contributed by atoms with Crippen LogP contribution in [0.2, 0.25) is 5.02 Å². The van der Waals surface area contributed by atoms with Gasteiger partial charge >= 0.3 is 0 Å². The standard InChI is InChI=1S/C17H17ClN2O3/c1-17(2,13-5-4-6-14(18)11-13)19(3)16(21)12-7-9-15(10-8-12)20(22)23/h4-11H,1-3H3. The predicted molar refractivity (Wildman–Crippen MR) is 89.7 cm³/mol. The van der Waals surface area contributed by atoms with Crippen LogP contribution in [-0.4, -0.2) is 22.8 Å². The summed E-state index contributed by atoms with van der Waals surface area (Å²) in [6.07, 6.45) is 0. The summed E-state index contributed by atoms with van der Waals surface area (Å²) >= 11 is 6.03. The third-order valence-electron chi connectivity index (χ3n) is 4.00. The third-order valence-corrected chi connectivity index (χ3v) is 4.23. The van der Waals surface area contributed by atoms with E-state index in [1.54, 1.807) is 18.0 Å². The highest BCUT2D eigenvalue weighted by molar-refractivity contribution is 6.30. The highest BCUT2D eigenvalue weighted by Gasteiger charge is 2.30. The lowest BCUT2D eigenvalue weighted by Gasteiger charge is -2.36. The van der Waals surface area contributed by atoms with Gasteiger partial charge in [0.05, 0.1) is 10.5 Å². The number of non-ortho nitro benzene ring substituents is 1. The molecule has 2 rings (SSSR count). The molecule has 120 valence electrons. The molecule has 0 radical (unpaired) electrons. The molecule has 0 bridgehead atoms. The van der Waals surface area contributed by atoms with E-state index in [2.05, 4.69) is 0 Å². The Hall–Kier alpha value is -2.40. The molecule has 23 heavy (non-hydrogen) atoms. The molecule has 0 unspecified atom stereocenters. The first kappa shape index (κ1) is 17.0. The molecule has 0 saturated heterocycles. The Morgan fingerprint density at radius 2 is 1.78 bits per heavy atom. The maximum absolute atomic E-state index is 12.7. The average molecular weight is 333 g/mol. The van der Waals surface area contributed by atoms with Crippen molar-refractivity contribution < 1.29 is 9.72 Å². The number of carbonyl (C=O) groups excluding carboxylic acids is 1. The summed E-state index contributed by atoms with van der Waals surface area (Å²) in [5.74, 6) is -0.218. The summed E-state index contributed by atoms with van der Waals surface area (Å²) in [6, 6.07) is 12.9. The van der Waals surface area contributed by atoms with E-state index >= 15 is 0 Å². The Labute approximate surface area is 139 Å². The quantitative estimate of drug-likeness (QED) is 0.621. The summed E-state index contributed by atoms with van der Waals surface area (Å²) in [7, 11) is 1.70. The monoisotopic (exact) mass is 332 g/mol. The fraction of sp³-hybridized carbons (Fsp3) is 0.235. The second-order valence-corrected chi connectivity index (χ2v) is 6.17. The summed E-state index contributed by atoms with van der Waals surface area (Å²) in [5, 5.41) is 11.3. The van der Waals surface area contributed by atoms with Gasteiger partial charge in [-0.25, -0.2) is 0 Å². The van der Waals surface area contributed by atoms with E-state index in [-0.39, 0.29) is 11.6 Å². The first-order valence-corrected chi connectivity index (χ1v) is 7.40. The minimum absolute atomic E-state index is 0.0432. The number of nitro benzene ring substituents is 1. The van der Waals surface area contributed by atoms with Gasteiger partial charge in [0, 0.05) is 29.8 Å². The minimum Gasteiger partial charge on any atom is -0.333 e. The maximum Gasteiger partial charge on any atom is 0.269 e. The van der Waals surface area contributed by atoms with Crippen LogP contribution >= 0.6 is 11.6 Å². The Morgan fingerprint density at radius 3 is 2.30 bits per heavy atom. The lowest BCUT2D eigenvalue weighted by molar-refractivity contribution is -0.384. The molecule has 0 N–H and O–H groups in total. The molecule has 0 saturated carbocycles. The number of carbonyl (C=O) groups is 1. The summed E-state index contributed by atoms with van der Waals surface area (Å²) in [4.78, 5) is 24.4. The number of amides is 1.